The number of carbonyl (C=O) groups excluding carboxylic acids is 1. The molecule has 3 rings (SSSR count). The average molecular weight is 389 g/mol. The number of methoxy groups -OCH3 is 1. The maximum Gasteiger partial charge on any atom is 0.237 e. The standard InChI is InChI=1S/C18H17ClN4O2S/c1-12(17(24)21-14-9-7-13(19)8-10-14)26-18-22-20-11-23(18)15-5-3-4-6-16(15)25-2/h3-12H,1-2H3,(H,21,24)/t12-/m0/s1. The van der Waals surface area contributed by atoms with Crippen LogP contribution in [0, 0.1) is 0 Å². The molecule has 3 aromatic rings. The number of nitrogens with one attached hydrogen (secondary N) is 1. The van der Waals surface area contributed by atoms with Gasteiger partial charge in [-0.1, -0.05) is 35.5 Å². The SMILES string of the molecule is COc1ccccc1-n1cnnc1S[C@@H](C)C(=O)Nc1ccc(Cl)cc1. The predicted molar refractivity (Wildman–Crippen MR) is 103 cm³/mol. The van der Waals surface area contributed by atoms with E-state index >= 15 is 0 Å². The van der Waals surface area contributed by atoms with E-state index in [1.165, 1.54) is 11.8 Å². The van der Waals surface area contributed by atoms with Gasteiger partial charge in [0.05, 0.1) is 18.0 Å². The number of aromatic nitrogens is 3. The molecule has 8 heteroatoms. The monoisotopic (exact) mass is 388 g/mol. The van der Waals surface area contributed by atoms with Gasteiger partial charge in [-0.05, 0) is 43.3 Å². The highest BCUT2D eigenvalue weighted by Gasteiger charge is 2.19. The number of benzene rings is 2. The van der Waals surface area contributed by atoms with E-state index in [1.807, 2.05) is 31.2 Å². The van der Waals surface area contributed by atoms with Gasteiger partial charge < -0.3 is 10.1 Å². The molecule has 1 atom stereocenters. The fraction of sp³-hybridized carbons (Fsp3) is 0.167. The topological polar surface area (TPSA) is 69.0 Å². The van der Waals surface area contributed by atoms with Gasteiger partial charge in [0.1, 0.15) is 12.1 Å². The average Bonchev–Trinajstić information content (AvgIpc) is 3.11. The first kappa shape index (κ1) is 18.3. The van der Waals surface area contributed by atoms with Crippen molar-refractivity contribution in [2.24, 2.45) is 0 Å². The van der Waals surface area contributed by atoms with Crippen molar-refractivity contribution in [3.8, 4) is 11.4 Å². The summed E-state index contributed by atoms with van der Waals surface area (Å²) >= 11 is 7.18. The van der Waals surface area contributed by atoms with Gasteiger partial charge in [0.25, 0.3) is 0 Å². The molecular formula is C18H17ClN4O2S. The van der Waals surface area contributed by atoms with Crippen LogP contribution in [0.2, 0.25) is 5.02 Å². The summed E-state index contributed by atoms with van der Waals surface area (Å²) in [4.78, 5) is 12.4. The first-order valence-electron chi connectivity index (χ1n) is 7.85. The fourth-order valence-electron chi connectivity index (χ4n) is 2.29. The second-order valence-electron chi connectivity index (χ2n) is 5.41. The number of para-hydroxylation sites is 2. The summed E-state index contributed by atoms with van der Waals surface area (Å²) < 4.78 is 7.19. The van der Waals surface area contributed by atoms with Crippen molar-refractivity contribution in [3.05, 3.63) is 59.9 Å². The number of ether oxygens (including phenoxy) is 1. The van der Waals surface area contributed by atoms with Gasteiger partial charge in [0.15, 0.2) is 5.16 Å². The lowest BCUT2D eigenvalue weighted by atomic mass is 10.3. The Labute approximate surface area is 160 Å². The molecule has 0 radical (unpaired) electrons. The maximum absolute atomic E-state index is 12.4. The molecule has 0 saturated carbocycles. The highest BCUT2D eigenvalue weighted by molar-refractivity contribution is 8.00. The van der Waals surface area contributed by atoms with Crippen molar-refractivity contribution in [2.75, 3.05) is 12.4 Å². The van der Waals surface area contributed by atoms with Gasteiger partial charge in [-0.2, -0.15) is 0 Å². The third kappa shape index (κ3) is 4.17. The van der Waals surface area contributed by atoms with Crippen molar-refractivity contribution in [1.29, 1.82) is 0 Å². The van der Waals surface area contributed by atoms with Gasteiger partial charge in [-0.15, -0.1) is 10.2 Å². The fourth-order valence-corrected chi connectivity index (χ4v) is 3.25. The number of amides is 1. The first-order chi connectivity index (χ1) is 12.6. The lowest BCUT2D eigenvalue weighted by molar-refractivity contribution is -0.115. The Morgan fingerprint density at radius 2 is 1.96 bits per heavy atom. The number of halogens is 1. The van der Waals surface area contributed by atoms with E-state index in [0.717, 1.165) is 5.69 Å². The van der Waals surface area contributed by atoms with Crippen molar-refractivity contribution in [3.63, 3.8) is 0 Å². The van der Waals surface area contributed by atoms with Crippen molar-refractivity contribution in [2.45, 2.75) is 17.3 Å². The first-order valence-corrected chi connectivity index (χ1v) is 9.10. The smallest absolute Gasteiger partial charge is 0.237 e. The summed E-state index contributed by atoms with van der Waals surface area (Å²) in [5, 5.41) is 11.8. The Morgan fingerprint density at radius 3 is 2.69 bits per heavy atom. The molecule has 1 aromatic heterocycles. The minimum Gasteiger partial charge on any atom is -0.495 e. The molecule has 0 aliphatic rings. The Balaban J connectivity index is 1.74. The quantitative estimate of drug-likeness (QED) is 0.645. The molecule has 0 aliphatic heterocycles. The molecular weight excluding hydrogens is 372 g/mol. The second kappa shape index (κ2) is 8.25. The molecule has 134 valence electrons. The Bertz CT molecular complexity index is 898. The zero-order valence-corrected chi connectivity index (χ0v) is 15.8. The molecule has 0 spiro atoms. The van der Waals surface area contributed by atoms with Crippen LogP contribution >= 0.6 is 23.4 Å². The molecule has 1 amide bonds. The number of hydrogen-bond acceptors (Lipinski definition) is 5. The van der Waals surface area contributed by atoms with Crippen LogP contribution < -0.4 is 10.1 Å². The summed E-state index contributed by atoms with van der Waals surface area (Å²) in [5.41, 5.74) is 1.51. The third-order valence-electron chi connectivity index (χ3n) is 3.62. The van der Waals surface area contributed by atoms with Gasteiger partial charge in [-0.25, -0.2) is 0 Å². The molecule has 0 fully saturated rings. The number of hydrogen-bond donors (Lipinski definition) is 1. The second-order valence-corrected chi connectivity index (χ2v) is 7.16. The van der Waals surface area contributed by atoms with Crippen LogP contribution in [0.5, 0.6) is 5.75 Å². The number of carbonyl (C=O) groups is 1. The largest absolute Gasteiger partial charge is 0.495 e. The van der Waals surface area contributed by atoms with Crippen molar-refractivity contribution >= 4 is 35.0 Å². The molecule has 1 heterocycles. The molecule has 2 aromatic carbocycles. The van der Waals surface area contributed by atoms with Gasteiger partial charge >= 0.3 is 0 Å². The minimum atomic E-state index is -0.372. The highest BCUT2D eigenvalue weighted by atomic mass is 35.5. The van der Waals surface area contributed by atoms with E-state index in [1.54, 1.807) is 42.3 Å². The van der Waals surface area contributed by atoms with E-state index in [9.17, 15) is 4.79 Å². The molecule has 6 nitrogen and oxygen atoms in total. The molecule has 26 heavy (non-hydrogen) atoms. The van der Waals surface area contributed by atoms with E-state index in [4.69, 9.17) is 16.3 Å². The molecule has 0 unspecified atom stereocenters. The molecule has 0 bridgehead atoms. The number of nitrogens with zero attached hydrogens (tertiary/aromatic N) is 3. The van der Waals surface area contributed by atoms with Crippen LogP contribution in [0.15, 0.2) is 60.0 Å². The van der Waals surface area contributed by atoms with Crippen LogP contribution in [0.3, 0.4) is 0 Å². The van der Waals surface area contributed by atoms with Crippen molar-refractivity contribution in [1.82, 2.24) is 14.8 Å². The number of anilines is 1. The van der Waals surface area contributed by atoms with Crippen LogP contribution in [0.1, 0.15) is 6.92 Å². The zero-order valence-electron chi connectivity index (χ0n) is 14.2. The minimum absolute atomic E-state index is 0.133. The molecule has 0 saturated heterocycles. The summed E-state index contributed by atoms with van der Waals surface area (Å²) in [6, 6.07) is 14.5. The van der Waals surface area contributed by atoms with Crippen LogP contribution in [-0.4, -0.2) is 33.0 Å². The zero-order chi connectivity index (χ0) is 18.5. The Morgan fingerprint density at radius 1 is 1.23 bits per heavy atom. The maximum atomic E-state index is 12.4. The third-order valence-corrected chi connectivity index (χ3v) is 4.93. The molecule has 0 aliphatic carbocycles. The summed E-state index contributed by atoms with van der Waals surface area (Å²) in [5.74, 6) is 0.569. The lowest BCUT2D eigenvalue weighted by Gasteiger charge is -2.14. The summed E-state index contributed by atoms with van der Waals surface area (Å²) in [7, 11) is 1.61. The number of thioether (sulfide) groups is 1. The Hall–Kier alpha value is -2.51. The van der Waals surface area contributed by atoms with Crippen molar-refractivity contribution < 1.29 is 9.53 Å². The van der Waals surface area contributed by atoms with Crippen LogP contribution in [0.4, 0.5) is 5.69 Å². The van der Waals surface area contributed by atoms with Gasteiger partial charge in [0, 0.05) is 10.7 Å². The van der Waals surface area contributed by atoms with Gasteiger partial charge in [0.2, 0.25) is 5.91 Å². The molecule has 1 N–H and O–H groups in total. The Kier molecular flexibility index (Phi) is 5.80. The van der Waals surface area contributed by atoms with E-state index in [2.05, 4.69) is 15.5 Å². The highest BCUT2D eigenvalue weighted by Crippen LogP contribution is 2.29. The van der Waals surface area contributed by atoms with E-state index in [0.29, 0.717) is 21.6 Å². The van der Waals surface area contributed by atoms with E-state index in [-0.39, 0.29) is 11.2 Å². The van der Waals surface area contributed by atoms with Crippen LogP contribution in [-0.2, 0) is 4.79 Å². The predicted octanol–water partition coefficient (Wildman–Crippen LogP) is 4.05. The summed E-state index contributed by atoms with van der Waals surface area (Å²) in [6.07, 6.45) is 1.60. The van der Waals surface area contributed by atoms with Crippen LogP contribution in [0.25, 0.3) is 5.69 Å². The summed E-state index contributed by atoms with van der Waals surface area (Å²) in [6.45, 7) is 1.82. The normalized spacial score (nSPS) is 11.8. The lowest BCUT2D eigenvalue weighted by Crippen LogP contribution is -2.22. The number of rotatable bonds is 6. The van der Waals surface area contributed by atoms with E-state index < -0.39 is 0 Å². The van der Waals surface area contributed by atoms with Gasteiger partial charge in [-0.3, -0.25) is 9.36 Å².